The molecule has 2 unspecified atom stereocenters. The zero-order valence-corrected chi connectivity index (χ0v) is 9.99. The molecule has 4 heteroatoms. The molecule has 3 N–H and O–H groups in total. The fourth-order valence-electron chi connectivity index (χ4n) is 1.88. The molecule has 0 bridgehead atoms. The predicted octanol–water partition coefficient (Wildman–Crippen LogP) is 0.180. The van der Waals surface area contributed by atoms with E-state index < -0.39 is 0 Å². The Labute approximate surface area is 92.2 Å². The summed E-state index contributed by atoms with van der Waals surface area (Å²) in [6, 6.07) is 0.431. The lowest BCUT2D eigenvalue weighted by atomic mass is 9.94. The van der Waals surface area contributed by atoms with Crippen molar-refractivity contribution in [3.05, 3.63) is 0 Å². The molecule has 2 atom stereocenters. The quantitative estimate of drug-likeness (QED) is 0.703. The number of nitrogens with zero attached hydrogens (tertiary/aromatic N) is 1. The summed E-state index contributed by atoms with van der Waals surface area (Å²) in [5, 5.41) is 2.89. The maximum atomic E-state index is 11.5. The van der Waals surface area contributed by atoms with Gasteiger partial charge in [0.2, 0.25) is 5.91 Å². The fourth-order valence-corrected chi connectivity index (χ4v) is 1.88. The molecule has 0 spiro atoms. The number of carbonyl (C=O) groups is 1. The smallest absolute Gasteiger partial charge is 0.234 e. The van der Waals surface area contributed by atoms with E-state index in [1.807, 2.05) is 13.8 Å². The van der Waals surface area contributed by atoms with Crippen LogP contribution in [-0.2, 0) is 4.79 Å². The number of carbonyl (C=O) groups excluding carboxylic acids is 1. The molecular weight excluding hydrogens is 190 g/mol. The first-order chi connectivity index (χ1) is 6.99. The summed E-state index contributed by atoms with van der Waals surface area (Å²) >= 11 is 0. The van der Waals surface area contributed by atoms with Crippen molar-refractivity contribution in [2.45, 2.75) is 39.3 Å². The highest BCUT2D eigenvalue weighted by Gasteiger charge is 2.24. The number of hydrogen-bond acceptors (Lipinski definition) is 3. The Morgan fingerprint density at radius 1 is 1.60 bits per heavy atom. The van der Waals surface area contributed by atoms with Crippen molar-refractivity contribution in [3.8, 4) is 0 Å². The Balaban J connectivity index is 2.30. The molecule has 0 radical (unpaired) electrons. The highest BCUT2D eigenvalue weighted by atomic mass is 16.2. The molecule has 1 saturated heterocycles. The van der Waals surface area contributed by atoms with E-state index in [2.05, 4.69) is 17.1 Å². The molecule has 15 heavy (non-hydrogen) atoms. The molecule has 1 aliphatic rings. The summed E-state index contributed by atoms with van der Waals surface area (Å²) in [5.41, 5.74) is 5.97. The third kappa shape index (κ3) is 4.18. The first-order valence-electron chi connectivity index (χ1n) is 5.76. The normalized spacial score (nSPS) is 28.1. The topological polar surface area (TPSA) is 58.4 Å². The largest absolute Gasteiger partial charge is 0.353 e. The SMILES string of the molecule is CC(C)NC(=O)CN1CCC(C)C(N)C1. The first-order valence-corrected chi connectivity index (χ1v) is 5.76. The molecular formula is C11H23N3O. The molecule has 0 aliphatic carbocycles. The van der Waals surface area contributed by atoms with Gasteiger partial charge in [-0.25, -0.2) is 0 Å². The first kappa shape index (κ1) is 12.5. The van der Waals surface area contributed by atoms with E-state index in [1.54, 1.807) is 0 Å². The molecule has 1 rings (SSSR count). The van der Waals surface area contributed by atoms with E-state index in [9.17, 15) is 4.79 Å². The average molecular weight is 213 g/mol. The Hall–Kier alpha value is -0.610. The second kappa shape index (κ2) is 5.47. The van der Waals surface area contributed by atoms with Gasteiger partial charge in [-0.3, -0.25) is 9.69 Å². The van der Waals surface area contributed by atoms with Crippen LogP contribution < -0.4 is 11.1 Å². The Morgan fingerprint density at radius 3 is 2.80 bits per heavy atom. The van der Waals surface area contributed by atoms with Gasteiger partial charge in [-0.1, -0.05) is 6.92 Å². The molecule has 1 amide bonds. The average Bonchev–Trinajstić information content (AvgIpc) is 2.10. The molecule has 0 saturated carbocycles. The maximum Gasteiger partial charge on any atom is 0.234 e. The van der Waals surface area contributed by atoms with Crippen molar-refractivity contribution in [3.63, 3.8) is 0 Å². The van der Waals surface area contributed by atoms with Crippen LogP contribution in [0.3, 0.4) is 0 Å². The Morgan fingerprint density at radius 2 is 2.27 bits per heavy atom. The number of amides is 1. The molecule has 4 nitrogen and oxygen atoms in total. The van der Waals surface area contributed by atoms with Crippen LogP contribution in [0.1, 0.15) is 27.2 Å². The highest BCUT2D eigenvalue weighted by molar-refractivity contribution is 5.78. The van der Waals surface area contributed by atoms with Crippen molar-refractivity contribution in [1.29, 1.82) is 0 Å². The fraction of sp³-hybridized carbons (Fsp3) is 0.909. The number of piperidine rings is 1. The number of nitrogens with two attached hydrogens (primary N) is 1. The summed E-state index contributed by atoms with van der Waals surface area (Å²) in [4.78, 5) is 13.7. The molecule has 1 heterocycles. The summed E-state index contributed by atoms with van der Waals surface area (Å²) in [6.07, 6.45) is 1.09. The van der Waals surface area contributed by atoms with Crippen LogP contribution in [0.4, 0.5) is 0 Å². The van der Waals surface area contributed by atoms with Gasteiger partial charge in [0.1, 0.15) is 0 Å². The van der Waals surface area contributed by atoms with Gasteiger partial charge in [-0.15, -0.1) is 0 Å². The van der Waals surface area contributed by atoms with Crippen molar-refractivity contribution in [2.75, 3.05) is 19.6 Å². The summed E-state index contributed by atoms with van der Waals surface area (Å²) in [6.45, 7) is 8.44. The lowest BCUT2D eigenvalue weighted by molar-refractivity contribution is -0.123. The van der Waals surface area contributed by atoms with E-state index in [-0.39, 0.29) is 18.0 Å². The third-order valence-electron chi connectivity index (χ3n) is 2.92. The van der Waals surface area contributed by atoms with E-state index in [4.69, 9.17) is 5.73 Å². The van der Waals surface area contributed by atoms with Crippen molar-refractivity contribution in [1.82, 2.24) is 10.2 Å². The zero-order chi connectivity index (χ0) is 11.4. The van der Waals surface area contributed by atoms with Crippen molar-refractivity contribution in [2.24, 2.45) is 11.7 Å². The van der Waals surface area contributed by atoms with Gasteiger partial charge in [-0.2, -0.15) is 0 Å². The zero-order valence-electron chi connectivity index (χ0n) is 9.99. The van der Waals surface area contributed by atoms with Crippen LogP contribution in [-0.4, -0.2) is 42.5 Å². The monoisotopic (exact) mass is 213 g/mol. The van der Waals surface area contributed by atoms with Crippen molar-refractivity contribution >= 4 is 5.91 Å². The second-order valence-corrected chi connectivity index (χ2v) is 4.89. The maximum absolute atomic E-state index is 11.5. The van der Waals surface area contributed by atoms with Gasteiger partial charge in [0.05, 0.1) is 6.54 Å². The highest BCUT2D eigenvalue weighted by Crippen LogP contribution is 2.14. The Kier molecular flexibility index (Phi) is 4.54. The summed E-state index contributed by atoms with van der Waals surface area (Å²) in [5.74, 6) is 0.682. The molecule has 1 aliphatic heterocycles. The van der Waals surface area contributed by atoms with Crippen LogP contribution in [0.15, 0.2) is 0 Å². The number of hydrogen-bond donors (Lipinski definition) is 2. The number of rotatable bonds is 3. The van der Waals surface area contributed by atoms with E-state index in [0.717, 1.165) is 19.5 Å². The van der Waals surface area contributed by atoms with Gasteiger partial charge < -0.3 is 11.1 Å². The van der Waals surface area contributed by atoms with E-state index in [1.165, 1.54) is 0 Å². The van der Waals surface area contributed by atoms with Crippen LogP contribution in [0, 0.1) is 5.92 Å². The molecule has 0 aromatic carbocycles. The number of likely N-dealkylation sites (tertiary alicyclic amines) is 1. The minimum Gasteiger partial charge on any atom is -0.353 e. The van der Waals surface area contributed by atoms with Gasteiger partial charge in [0.25, 0.3) is 0 Å². The van der Waals surface area contributed by atoms with Gasteiger partial charge in [0.15, 0.2) is 0 Å². The molecule has 0 aromatic heterocycles. The Bertz CT molecular complexity index is 218. The van der Waals surface area contributed by atoms with Gasteiger partial charge >= 0.3 is 0 Å². The van der Waals surface area contributed by atoms with Crippen molar-refractivity contribution < 1.29 is 4.79 Å². The van der Waals surface area contributed by atoms with Gasteiger partial charge in [-0.05, 0) is 32.7 Å². The van der Waals surface area contributed by atoms with Gasteiger partial charge in [0, 0.05) is 18.6 Å². The standard InChI is InChI=1S/C11H23N3O/c1-8(2)13-11(15)7-14-5-4-9(3)10(12)6-14/h8-10H,4-7,12H2,1-3H3,(H,13,15). The minimum atomic E-state index is 0.103. The lowest BCUT2D eigenvalue weighted by Gasteiger charge is -2.34. The van der Waals surface area contributed by atoms with Crippen LogP contribution in [0.2, 0.25) is 0 Å². The predicted molar refractivity (Wildman–Crippen MR) is 61.5 cm³/mol. The number of nitrogens with one attached hydrogen (secondary N) is 1. The summed E-state index contributed by atoms with van der Waals surface area (Å²) in [7, 11) is 0. The minimum absolute atomic E-state index is 0.103. The third-order valence-corrected chi connectivity index (χ3v) is 2.92. The lowest BCUT2D eigenvalue weighted by Crippen LogP contribution is -2.50. The molecule has 1 fully saturated rings. The second-order valence-electron chi connectivity index (χ2n) is 4.89. The molecule has 88 valence electrons. The molecule has 0 aromatic rings. The van der Waals surface area contributed by atoms with Crippen LogP contribution in [0.5, 0.6) is 0 Å². The summed E-state index contributed by atoms with van der Waals surface area (Å²) < 4.78 is 0. The van der Waals surface area contributed by atoms with Crippen LogP contribution >= 0.6 is 0 Å². The van der Waals surface area contributed by atoms with E-state index in [0.29, 0.717) is 12.5 Å². The van der Waals surface area contributed by atoms with Crippen LogP contribution in [0.25, 0.3) is 0 Å². The van der Waals surface area contributed by atoms with E-state index >= 15 is 0 Å².